The number of hydrogen-bond donors (Lipinski definition) is 4. The monoisotopic (exact) mass is 676 g/mol. The first-order chi connectivity index (χ1) is 22.0. The Kier molecular flexibility index (Phi) is 24.1. The van der Waals surface area contributed by atoms with Gasteiger partial charge in [0.15, 0.2) is 0 Å². The molecule has 8 heteroatoms. The fourth-order valence-electron chi connectivity index (χ4n) is 4.88. The molecule has 6 N–H and O–H groups in total. The van der Waals surface area contributed by atoms with Crippen molar-refractivity contribution in [3.63, 3.8) is 0 Å². The van der Waals surface area contributed by atoms with E-state index >= 15 is 0 Å². The van der Waals surface area contributed by atoms with Crippen LogP contribution in [0.15, 0.2) is 48.5 Å². The number of rotatable bonds is 24. The highest BCUT2D eigenvalue weighted by atomic mass is 32.2. The molecule has 2 aromatic rings. The zero-order valence-electron chi connectivity index (χ0n) is 30.4. The topological polar surface area (TPSA) is 94.6 Å². The molecule has 46 heavy (non-hydrogen) atoms. The van der Waals surface area contributed by atoms with Crippen LogP contribution in [0.4, 0.5) is 0 Å². The van der Waals surface area contributed by atoms with Crippen molar-refractivity contribution in [2.24, 2.45) is 11.5 Å². The number of ether oxygens (including phenoxy) is 2. The molecular weight excluding hydrogens is 609 g/mol. The molecule has 0 aromatic heterocycles. The Labute approximate surface area is 291 Å². The molecule has 2 rings (SSSR count). The summed E-state index contributed by atoms with van der Waals surface area (Å²) in [6.07, 6.45) is 4.37. The fourth-order valence-corrected chi connectivity index (χ4v) is 6.72. The minimum absolute atomic E-state index is 0.127. The molecule has 2 aromatic carbocycles. The molecule has 5 atom stereocenters. The van der Waals surface area contributed by atoms with Crippen LogP contribution in [0.25, 0.3) is 0 Å². The Morgan fingerprint density at radius 2 is 1.35 bits per heavy atom. The Hall–Kier alpha value is -1.10. The number of nitrogens with one attached hydrogen (secondary N) is 2. The van der Waals surface area contributed by atoms with Crippen LogP contribution in [0, 0.1) is 0 Å². The maximum Gasteiger partial charge on any atom is 0.0717 e. The zero-order valence-corrected chi connectivity index (χ0v) is 32.0. The molecule has 0 radical (unpaired) electrons. The second kappa shape index (κ2) is 25.9. The Balaban J connectivity index is 0.000000462. The number of hydrogen-bond acceptors (Lipinski definition) is 8. The zero-order chi connectivity index (χ0) is 34.2. The van der Waals surface area contributed by atoms with Crippen molar-refractivity contribution < 1.29 is 9.47 Å². The highest BCUT2D eigenvalue weighted by Crippen LogP contribution is 2.21. The second-order valence-corrected chi connectivity index (χ2v) is 15.3. The average Bonchev–Trinajstić information content (AvgIpc) is 3.06. The maximum atomic E-state index is 6.36. The molecule has 0 saturated heterocycles. The summed E-state index contributed by atoms with van der Waals surface area (Å²) < 4.78 is 11.6. The standard InChI is InChI=1S/C20H36N2OS.C18H32N2OS/c1-6-16(2)19-9-7-8-18(12-19)14-23-10-11-24-15-20(4,21)13-17(3)22-5;1-4-15(2)17-7-5-6-16(12-17)13-21-10-11-22-14-18(19)8-9-20-3/h7-9,12,16-17,22H,6,10-11,13-15,21H2,1-5H3;5-7,12,15,18,20H,4,8-11,13-14,19H2,1-3H3. The highest BCUT2D eigenvalue weighted by molar-refractivity contribution is 7.99. The van der Waals surface area contributed by atoms with Crippen molar-refractivity contribution in [2.45, 2.75) is 110 Å². The van der Waals surface area contributed by atoms with Crippen LogP contribution in [0.3, 0.4) is 0 Å². The predicted octanol–water partition coefficient (Wildman–Crippen LogP) is 7.55. The molecule has 0 bridgehead atoms. The van der Waals surface area contributed by atoms with E-state index in [2.05, 4.69) is 101 Å². The van der Waals surface area contributed by atoms with E-state index in [4.69, 9.17) is 20.9 Å². The Morgan fingerprint density at radius 1 is 0.826 bits per heavy atom. The molecule has 0 aliphatic rings. The van der Waals surface area contributed by atoms with Crippen LogP contribution in [-0.2, 0) is 22.7 Å². The summed E-state index contributed by atoms with van der Waals surface area (Å²) in [5.41, 5.74) is 17.6. The van der Waals surface area contributed by atoms with Gasteiger partial charge in [0, 0.05) is 40.6 Å². The van der Waals surface area contributed by atoms with Gasteiger partial charge in [0.25, 0.3) is 0 Å². The minimum Gasteiger partial charge on any atom is -0.376 e. The summed E-state index contributed by atoms with van der Waals surface area (Å²) >= 11 is 3.76. The molecule has 0 aliphatic carbocycles. The molecule has 6 nitrogen and oxygen atoms in total. The number of benzene rings is 2. The van der Waals surface area contributed by atoms with Gasteiger partial charge in [0.05, 0.1) is 26.4 Å². The van der Waals surface area contributed by atoms with Crippen LogP contribution >= 0.6 is 23.5 Å². The molecular formula is C38H68N4O2S2. The third kappa shape index (κ3) is 20.3. The van der Waals surface area contributed by atoms with Crippen LogP contribution in [0.5, 0.6) is 0 Å². The van der Waals surface area contributed by atoms with E-state index < -0.39 is 0 Å². The summed E-state index contributed by atoms with van der Waals surface area (Å²) in [7, 11) is 3.95. The first-order valence-electron chi connectivity index (χ1n) is 17.4. The lowest BCUT2D eigenvalue weighted by Gasteiger charge is -2.27. The molecule has 5 unspecified atom stereocenters. The lowest BCUT2D eigenvalue weighted by Crippen LogP contribution is -2.44. The molecule has 0 spiro atoms. The van der Waals surface area contributed by atoms with Crippen molar-refractivity contribution in [2.75, 3.05) is 56.9 Å². The SMILES string of the molecule is CCC(C)c1cccc(COCCSCC(C)(N)CC(C)NC)c1.CCC(C)c1cccc(COCCSCC(N)CCNC)c1. The van der Waals surface area contributed by atoms with Crippen molar-refractivity contribution in [1.29, 1.82) is 0 Å². The Morgan fingerprint density at radius 3 is 1.83 bits per heavy atom. The maximum absolute atomic E-state index is 6.36. The smallest absolute Gasteiger partial charge is 0.0717 e. The number of nitrogens with two attached hydrogens (primary N) is 2. The fraction of sp³-hybridized carbons (Fsp3) is 0.684. The Bertz CT molecular complexity index is 1030. The average molecular weight is 677 g/mol. The van der Waals surface area contributed by atoms with Gasteiger partial charge in [-0.05, 0) is 94.3 Å². The molecule has 0 amide bonds. The van der Waals surface area contributed by atoms with Crippen molar-refractivity contribution in [3.8, 4) is 0 Å². The van der Waals surface area contributed by atoms with Gasteiger partial charge in [-0.25, -0.2) is 0 Å². The normalized spacial score (nSPS) is 15.3. The third-order valence-electron chi connectivity index (χ3n) is 8.34. The second-order valence-electron chi connectivity index (χ2n) is 13.0. The van der Waals surface area contributed by atoms with E-state index in [-0.39, 0.29) is 11.6 Å². The largest absolute Gasteiger partial charge is 0.376 e. The van der Waals surface area contributed by atoms with Crippen LogP contribution < -0.4 is 22.1 Å². The van der Waals surface area contributed by atoms with Gasteiger partial charge in [-0.3, -0.25) is 0 Å². The van der Waals surface area contributed by atoms with E-state index in [0.29, 0.717) is 31.1 Å². The molecule has 0 saturated carbocycles. The van der Waals surface area contributed by atoms with E-state index in [0.717, 1.165) is 55.6 Å². The van der Waals surface area contributed by atoms with Gasteiger partial charge < -0.3 is 31.6 Å². The number of thioether (sulfide) groups is 2. The van der Waals surface area contributed by atoms with Crippen molar-refractivity contribution >= 4 is 23.5 Å². The predicted molar refractivity (Wildman–Crippen MR) is 207 cm³/mol. The van der Waals surface area contributed by atoms with Gasteiger partial charge in [-0.15, -0.1) is 0 Å². The molecule has 0 heterocycles. The van der Waals surface area contributed by atoms with Crippen LogP contribution in [0.2, 0.25) is 0 Å². The summed E-state index contributed by atoms with van der Waals surface area (Å²) in [5, 5.41) is 6.38. The van der Waals surface area contributed by atoms with E-state index in [1.54, 1.807) is 0 Å². The van der Waals surface area contributed by atoms with Crippen LogP contribution in [-0.4, -0.2) is 74.5 Å². The first-order valence-corrected chi connectivity index (χ1v) is 19.7. The summed E-state index contributed by atoms with van der Waals surface area (Å²) in [6.45, 7) is 17.3. The van der Waals surface area contributed by atoms with E-state index in [1.807, 2.05) is 37.6 Å². The quantitative estimate of drug-likeness (QED) is 0.0848. The summed E-state index contributed by atoms with van der Waals surface area (Å²) in [6, 6.07) is 18.3. The van der Waals surface area contributed by atoms with Gasteiger partial charge in [0.1, 0.15) is 0 Å². The third-order valence-corrected chi connectivity index (χ3v) is 10.8. The molecule has 0 fully saturated rings. The lowest BCUT2D eigenvalue weighted by molar-refractivity contribution is 0.136. The highest BCUT2D eigenvalue weighted by Gasteiger charge is 2.20. The van der Waals surface area contributed by atoms with Crippen molar-refractivity contribution in [1.82, 2.24) is 10.6 Å². The van der Waals surface area contributed by atoms with Gasteiger partial charge >= 0.3 is 0 Å². The van der Waals surface area contributed by atoms with E-state index in [1.165, 1.54) is 35.1 Å². The van der Waals surface area contributed by atoms with Crippen LogP contribution in [0.1, 0.15) is 101 Å². The van der Waals surface area contributed by atoms with Gasteiger partial charge in [-0.1, -0.05) is 76.2 Å². The first kappa shape index (κ1) is 42.9. The summed E-state index contributed by atoms with van der Waals surface area (Å²) in [5.74, 6) is 5.21. The van der Waals surface area contributed by atoms with E-state index in [9.17, 15) is 0 Å². The summed E-state index contributed by atoms with van der Waals surface area (Å²) in [4.78, 5) is 0. The minimum atomic E-state index is -0.127. The van der Waals surface area contributed by atoms with Crippen molar-refractivity contribution in [3.05, 3.63) is 70.8 Å². The lowest BCUT2D eigenvalue weighted by atomic mass is 9.97. The molecule has 0 aliphatic heterocycles. The van der Waals surface area contributed by atoms with Gasteiger partial charge in [-0.2, -0.15) is 23.5 Å². The molecule has 264 valence electrons. The van der Waals surface area contributed by atoms with Gasteiger partial charge in [0.2, 0.25) is 0 Å².